The maximum atomic E-state index is 12.3. The highest BCUT2D eigenvalue weighted by Crippen LogP contribution is 2.26. The fourth-order valence-electron chi connectivity index (χ4n) is 1.67. The first-order valence-corrected chi connectivity index (χ1v) is 8.91. The molecule has 0 bridgehead atoms. The predicted octanol–water partition coefficient (Wildman–Crippen LogP) is 2.58. The van der Waals surface area contributed by atoms with Gasteiger partial charge in [0.2, 0.25) is 10.0 Å². The van der Waals surface area contributed by atoms with Gasteiger partial charge in [0.25, 0.3) is 0 Å². The zero-order chi connectivity index (χ0) is 14.9. The summed E-state index contributed by atoms with van der Waals surface area (Å²) >= 11 is 4.68. The number of nitrogens with one attached hydrogen (secondary N) is 1. The van der Waals surface area contributed by atoms with Crippen LogP contribution in [0.2, 0.25) is 0 Å². The van der Waals surface area contributed by atoms with Crippen LogP contribution < -0.4 is 10.5 Å². The number of aromatic nitrogens is 1. The molecule has 1 aromatic heterocycles. The molecule has 1 heterocycles. The Morgan fingerprint density at radius 2 is 2.10 bits per heavy atom. The fourth-order valence-corrected chi connectivity index (χ4v) is 4.39. The molecule has 0 atom stereocenters. The molecule has 0 unspecified atom stereocenters. The highest BCUT2D eigenvalue weighted by atomic mass is 79.9. The number of nitrogens with two attached hydrogens (primary N) is 1. The van der Waals surface area contributed by atoms with Crippen LogP contribution in [-0.2, 0) is 16.6 Å². The molecule has 108 valence electrons. The predicted molar refractivity (Wildman–Crippen MR) is 84.2 cm³/mol. The van der Waals surface area contributed by atoms with Crippen LogP contribution in [0.4, 0.5) is 5.69 Å². The summed E-state index contributed by atoms with van der Waals surface area (Å²) in [6, 6.07) is 3.22. The van der Waals surface area contributed by atoms with Gasteiger partial charge in [-0.3, -0.25) is 0 Å². The maximum Gasteiger partial charge on any atom is 0.241 e. The van der Waals surface area contributed by atoms with E-state index in [4.69, 9.17) is 5.73 Å². The lowest BCUT2D eigenvalue weighted by Gasteiger charge is -2.11. The summed E-state index contributed by atoms with van der Waals surface area (Å²) < 4.78 is 27.8. The summed E-state index contributed by atoms with van der Waals surface area (Å²) in [7, 11) is -3.62. The van der Waals surface area contributed by atoms with Gasteiger partial charge in [0.15, 0.2) is 0 Å². The van der Waals surface area contributed by atoms with E-state index < -0.39 is 10.0 Å². The lowest BCUT2D eigenvalue weighted by atomic mass is 10.2. The third-order valence-corrected chi connectivity index (χ3v) is 5.69. The first-order valence-electron chi connectivity index (χ1n) is 5.76. The van der Waals surface area contributed by atoms with Gasteiger partial charge in [-0.05, 0) is 31.5 Å². The molecule has 0 fully saturated rings. The van der Waals surface area contributed by atoms with Gasteiger partial charge in [-0.15, -0.1) is 11.3 Å². The van der Waals surface area contributed by atoms with Gasteiger partial charge in [-0.25, -0.2) is 18.1 Å². The topological polar surface area (TPSA) is 85.1 Å². The molecule has 0 amide bonds. The Kier molecular flexibility index (Phi) is 4.48. The lowest BCUT2D eigenvalue weighted by Crippen LogP contribution is -2.24. The first-order chi connectivity index (χ1) is 9.29. The van der Waals surface area contributed by atoms with E-state index in [-0.39, 0.29) is 11.4 Å². The van der Waals surface area contributed by atoms with Crippen LogP contribution in [-0.4, -0.2) is 13.4 Å². The molecule has 20 heavy (non-hydrogen) atoms. The minimum atomic E-state index is -3.62. The van der Waals surface area contributed by atoms with E-state index in [2.05, 4.69) is 25.6 Å². The molecular weight excluding hydrogens is 362 g/mol. The second kappa shape index (κ2) is 5.80. The van der Waals surface area contributed by atoms with Gasteiger partial charge >= 0.3 is 0 Å². The molecule has 5 nitrogen and oxygen atoms in total. The van der Waals surface area contributed by atoms with E-state index in [1.807, 2.05) is 12.3 Å². The van der Waals surface area contributed by atoms with Gasteiger partial charge < -0.3 is 5.73 Å². The number of anilines is 1. The van der Waals surface area contributed by atoms with Crippen LogP contribution in [0.25, 0.3) is 0 Å². The lowest BCUT2D eigenvalue weighted by molar-refractivity contribution is 0.580. The molecule has 3 N–H and O–H groups in total. The van der Waals surface area contributed by atoms with Crippen molar-refractivity contribution in [2.24, 2.45) is 0 Å². The first kappa shape index (κ1) is 15.4. The molecule has 2 aromatic rings. The van der Waals surface area contributed by atoms with E-state index >= 15 is 0 Å². The molecular formula is C12H14BrN3O2S2. The van der Waals surface area contributed by atoms with Crippen LogP contribution in [0, 0.1) is 13.8 Å². The van der Waals surface area contributed by atoms with Crippen molar-refractivity contribution in [3.05, 3.63) is 38.3 Å². The molecule has 8 heteroatoms. The van der Waals surface area contributed by atoms with Gasteiger partial charge in [-0.2, -0.15) is 0 Å². The molecule has 0 spiro atoms. The van der Waals surface area contributed by atoms with E-state index in [9.17, 15) is 8.42 Å². The van der Waals surface area contributed by atoms with Gasteiger partial charge in [0, 0.05) is 21.2 Å². The number of sulfonamides is 1. The van der Waals surface area contributed by atoms with Crippen molar-refractivity contribution in [1.82, 2.24) is 9.71 Å². The summed E-state index contributed by atoms with van der Waals surface area (Å²) in [4.78, 5) is 4.40. The van der Waals surface area contributed by atoms with Crippen molar-refractivity contribution in [2.45, 2.75) is 25.3 Å². The Labute approximate surface area is 130 Å². The number of rotatable bonds is 4. The summed E-state index contributed by atoms with van der Waals surface area (Å²) in [6.07, 6.45) is 0. The Hall–Kier alpha value is -0.960. The van der Waals surface area contributed by atoms with E-state index in [0.717, 1.165) is 10.7 Å². The average molecular weight is 376 g/mol. The zero-order valence-corrected chi connectivity index (χ0v) is 14.2. The molecule has 0 aliphatic carbocycles. The zero-order valence-electron chi connectivity index (χ0n) is 11.0. The monoisotopic (exact) mass is 375 g/mol. The summed E-state index contributed by atoms with van der Waals surface area (Å²) in [5.41, 5.74) is 7.65. The standard InChI is InChI=1S/C12H14BrN3O2S2/c1-7-6-19-12(16-7)5-15-20(17,18)11-4-9(13)3-10(14)8(11)2/h3-4,6,15H,5,14H2,1-2H3. The number of halogens is 1. The smallest absolute Gasteiger partial charge is 0.241 e. The Bertz CT molecular complexity index is 741. The van der Waals surface area contributed by atoms with Crippen LogP contribution in [0.5, 0.6) is 0 Å². The summed E-state index contributed by atoms with van der Waals surface area (Å²) in [6.45, 7) is 3.73. The molecule has 0 radical (unpaired) electrons. The second-order valence-electron chi connectivity index (χ2n) is 4.33. The Morgan fingerprint density at radius 1 is 1.40 bits per heavy atom. The van der Waals surface area contributed by atoms with Crippen LogP contribution in [0.1, 0.15) is 16.3 Å². The summed E-state index contributed by atoms with van der Waals surface area (Å²) in [5.74, 6) is 0. The van der Waals surface area contributed by atoms with Crippen LogP contribution >= 0.6 is 27.3 Å². The Balaban J connectivity index is 2.27. The average Bonchev–Trinajstić information content (AvgIpc) is 2.77. The number of benzene rings is 1. The molecule has 2 rings (SSSR count). The van der Waals surface area contributed by atoms with Gasteiger partial charge in [-0.1, -0.05) is 15.9 Å². The number of hydrogen-bond donors (Lipinski definition) is 2. The van der Waals surface area contributed by atoms with Crippen molar-refractivity contribution in [3.63, 3.8) is 0 Å². The number of thiazole rings is 1. The van der Waals surface area contributed by atoms with Gasteiger partial charge in [0.05, 0.1) is 11.4 Å². The van der Waals surface area contributed by atoms with E-state index in [1.165, 1.54) is 11.3 Å². The van der Waals surface area contributed by atoms with E-state index in [1.54, 1.807) is 19.1 Å². The SMILES string of the molecule is Cc1csc(CNS(=O)(=O)c2cc(Br)cc(N)c2C)n1. The largest absolute Gasteiger partial charge is 0.398 e. The Morgan fingerprint density at radius 3 is 2.70 bits per heavy atom. The second-order valence-corrected chi connectivity index (χ2v) is 7.92. The molecule has 0 saturated carbocycles. The normalized spacial score (nSPS) is 11.8. The maximum absolute atomic E-state index is 12.3. The highest BCUT2D eigenvalue weighted by molar-refractivity contribution is 9.10. The van der Waals surface area contributed by atoms with Crippen molar-refractivity contribution in [3.8, 4) is 0 Å². The van der Waals surface area contributed by atoms with E-state index in [0.29, 0.717) is 15.7 Å². The number of nitrogen functional groups attached to an aromatic ring is 1. The fraction of sp³-hybridized carbons (Fsp3) is 0.250. The van der Waals surface area contributed by atoms with Gasteiger partial charge in [0.1, 0.15) is 5.01 Å². The minimum Gasteiger partial charge on any atom is -0.398 e. The molecule has 0 aliphatic rings. The number of aryl methyl sites for hydroxylation is 1. The van der Waals surface area contributed by atoms with Crippen molar-refractivity contribution in [1.29, 1.82) is 0 Å². The minimum absolute atomic E-state index is 0.173. The number of hydrogen-bond acceptors (Lipinski definition) is 5. The third-order valence-electron chi connectivity index (χ3n) is 2.73. The van der Waals surface area contributed by atoms with Crippen molar-refractivity contribution < 1.29 is 8.42 Å². The summed E-state index contributed by atoms with van der Waals surface area (Å²) in [5, 5.41) is 2.61. The third kappa shape index (κ3) is 3.38. The molecule has 0 saturated heterocycles. The molecule has 0 aliphatic heterocycles. The van der Waals surface area contributed by atoms with Crippen LogP contribution in [0.3, 0.4) is 0 Å². The van der Waals surface area contributed by atoms with Crippen LogP contribution in [0.15, 0.2) is 26.9 Å². The highest BCUT2D eigenvalue weighted by Gasteiger charge is 2.19. The molecule has 1 aromatic carbocycles. The van der Waals surface area contributed by atoms with Crippen molar-refractivity contribution >= 4 is 43.0 Å². The quantitative estimate of drug-likeness (QED) is 0.804. The van der Waals surface area contributed by atoms with Crippen molar-refractivity contribution in [2.75, 3.05) is 5.73 Å². The number of nitrogens with zero attached hydrogens (tertiary/aromatic N) is 1.